The van der Waals surface area contributed by atoms with Crippen LogP contribution in [-0.2, 0) is 36.8 Å². The molecule has 0 spiro atoms. The molecule has 6 rings (SSSR count). The summed E-state index contributed by atoms with van der Waals surface area (Å²) in [6, 6.07) is 18.3. The minimum Gasteiger partial charge on any atom is -0.482 e. The molecule has 270 valence electrons. The van der Waals surface area contributed by atoms with Crippen molar-refractivity contribution in [3.8, 4) is 5.75 Å². The molecule has 52 heavy (non-hydrogen) atoms. The van der Waals surface area contributed by atoms with Crippen LogP contribution in [0.3, 0.4) is 0 Å². The molecule has 3 heterocycles. The lowest BCUT2D eigenvalue weighted by Crippen LogP contribution is -2.57. The third-order valence-corrected chi connectivity index (χ3v) is 9.55. The molecule has 1 fully saturated rings. The molecule has 14 heteroatoms. The number of anilines is 1. The van der Waals surface area contributed by atoms with E-state index in [9.17, 15) is 28.8 Å². The van der Waals surface area contributed by atoms with Gasteiger partial charge in [0.15, 0.2) is 6.61 Å². The van der Waals surface area contributed by atoms with Gasteiger partial charge >= 0.3 is 0 Å². The van der Waals surface area contributed by atoms with Crippen molar-refractivity contribution in [2.24, 2.45) is 0 Å². The summed E-state index contributed by atoms with van der Waals surface area (Å²) in [6.45, 7) is 0.865. The van der Waals surface area contributed by atoms with E-state index >= 15 is 0 Å². The SMILES string of the molecule is C[C@H]1C(=O)N[C@@H](Cc2ccccc2)C(=O)NCCN(C(=O)c2ccc3c(c2)N(C)C(=O)CO3)CC(=O)N[C@@H](Cc2c[nH]c3ccccc23)C(=O)N1C. The van der Waals surface area contributed by atoms with Crippen molar-refractivity contribution in [3.05, 3.63) is 95.7 Å². The number of aromatic amines is 1. The summed E-state index contributed by atoms with van der Waals surface area (Å²) >= 11 is 0. The van der Waals surface area contributed by atoms with Crippen molar-refractivity contribution < 1.29 is 33.5 Å². The number of nitrogens with zero attached hydrogens (tertiary/aromatic N) is 3. The Kier molecular flexibility index (Phi) is 10.5. The van der Waals surface area contributed by atoms with Gasteiger partial charge in [0, 0.05) is 62.7 Å². The Labute approximate surface area is 300 Å². The number of carbonyl (C=O) groups is 6. The fourth-order valence-corrected chi connectivity index (χ4v) is 6.38. The number of hydrogen-bond acceptors (Lipinski definition) is 7. The van der Waals surface area contributed by atoms with Gasteiger partial charge in [-0.1, -0.05) is 48.5 Å². The van der Waals surface area contributed by atoms with Crippen LogP contribution in [0, 0.1) is 0 Å². The van der Waals surface area contributed by atoms with E-state index in [-0.39, 0.29) is 44.0 Å². The highest BCUT2D eigenvalue weighted by atomic mass is 16.5. The predicted octanol–water partition coefficient (Wildman–Crippen LogP) is 1.40. The summed E-state index contributed by atoms with van der Waals surface area (Å²) in [7, 11) is 3.06. The number of likely N-dealkylation sites (N-methyl/N-ethyl adjacent to an activating group) is 2. The van der Waals surface area contributed by atoms with E-state index in [0.29, 0.717) is 11.4 Å². The third-order valence-electron chi connectivity index (χ3n) is 9.55. The molecular weight excluding hydrogens is 666 g/mol. The Balaban J connectivity index is 1.32. The van der Waals surface area contributed by atoms with Gasteiger partial charge in [-0.3, -0.25) is 28.8 Å². The Hall–Kier alpha value is -6.18. The minimum atomic E-state index is -1.10. The van der Waals surface area contributed by atoms with Crippen LogP contribution in [0.4, 0.5) is 5.69 Å². The minimum absolute atomic E-state index is 0.0430. The van der Waals surface area contributed by atoms with E-state index in [1.54, 1.807) is 32.3 Å². The number of para-hydroxylation sites is 1. The molecule has 0 aliphatic carbocycles. The maximum Gasteiger partial charge on any atom is 0.264 e. The number of ether oxygens (including phenoxy) is 1. The molecule has 3 atom stereocenters. The molecule has 1 saturated heterocycles. The Morgan fingerprint density at radius 2 is 1.62 bits per heavy atom. The van der Waals surface area contributed by atoms with Crippen molar-refractivity contribution in [1.82, 2.24) is 30.7 Å². The molecule has 0 bridgehead atoms. The highest BCUT2D eigenvalue weighted by Gasteiger charge is 2.34. The van der Waals surface area contributed by atoms with Crippen LogP contribution in [0.2, 0.25) is 0 Å². The Morgan fingerprint density at radius 3 is 2.40 bits per heavy atom. The first-order valence-electron chi connectivity index (χ1n) is 17.1. The standard InChI is InChI=1S/C38H41N7O7/c1-23-35(48)42-29(17-24-9-5-4-6-10-24)36(49)39-15-16-45(37(50)25-13-14-32-31(19-25)44(3)34(47)22-52-32)21-33(46)41-30(38(51)43(23)2)18-26-20-40-28-12-8-7-11-27(26)28/h4-14,19-20,23,29-30,40H,15-18,21-22H2,1-3H3,(H,39,49)(H,41,46)(H,42,48)/t23-,29-,30-/m0/s1. The van der Waals surface area contributed by atoms with E-state index in [2.05, 4.69) is 20.9 Å². The van der Waals surface area contributed by atoms with E-state index in [0.717, 1.165) is 22.0 Å². The lowest BCUT2D eigenvalue weighted by molar-refractivity contribution is -0.142. The van der Waals surface area contributed by atoms with Gasteiger partial charge in [-0.2, -0.15) is 0 Å². The van der Waals surface area contributed by atoms with Crippen LogP contribution in [0.15, 0.2) is 79.0 Å². The first-order chi connectivity index (χ1) is 25.0. The van der Waals surface area contributed by atoms with Crippen molar-refractivity contribution in [1.29, 1.82) is 0 Å². The van der Waals surface area contributed by atoms with Gasteiger partial charge in [0.1, 0.15) is 23.9 Å². The van der Waals surface area contributed by atoms with Gasteiger partial charge in [-0.25, -0.2) is 0 Å². The molecule has 0 radical (unpaired) electrons. The van der Waals surface area contributed by atoms with Crippen LogP contribution in [0.1, 0.15) is 28.4 Å². The highest BCUT2D eigenvalue weighted by Crippen LogP contribution is 2.32. The van der Waals surface area contributed by atoms with Gasteiger partial charge < -0.3 is 40.4 Å². The van der Waals surface area contributed by atoms with E-state index in [1.807, 2.05) is 54.6 Å². The molecule has 0 unspecified atom stereocenters. The number of nitrogens with one attached hydrogen (secondary N) is 4. The summed E-state index contributed by atoms with van der Waals surface area (Å²) in [4.78, 5) is 88.6. The fraction of sp³-hybridized carbons (Fsp3) is 0.316. The molecule has 0 saturated carbocycles. The van der Waals surface area contributed by atoms with Crippen molar-refractivity contribution in [3.63, 3.8) is 0 Å². The summed E-state index contributed by atoms with van der Waals surface area (Å²) in [5, 5.41) is 9.32. The summed E-state index contributed by atoms with van der Waals surface area (Å²) < 4.78 is 5.51. The van der Waals surface area contributed by atoms with Crippen molar-refractivity contribution in [2.45, 2.75) is 37.9 Å². The Morgan fingerprint density at radius 1 is 0.865 bits per heavy atom. The molecule has 4 aromatic rings. The van der Waals surface area contributed by atoms with Gasteiger partial charge in [0.2, 0.25) is 23.6 Å². The average molecular weight is 708 g/mol. The number of carbonyl (C=O) groups excluding carboxylic acids is 6. The second kappa shape index (κ2) is 15.4. The number of fused-ring (bicyclic) bond motifs is 2. The predicted molar refractivity (Wildman–Crippen MR) is 193 cm³/mol. The molecule has 6 amide bonds. The lowest BCUT2D eigenvalue weighted by Gasteiger charge is -2.30. The average Bonchev–Trinajstić information content (AvgIpc) is 3.56. The van der Waals surface area contributed by atoms with Gasteiger partial charge in [0.05, 0.1) is 12.2 Å². The van der Waals surface area contributed by atoms with Crippen LogP contribution >= 0.6 is 0 Å². The highest BCUT2D eigenvalue weighted by molar-refractivity contribution is 6.02. The molecule has 1 aromatic heterocycles. The first-order valence-corrected chi connectivity index (χ1v) is 17.1. The summed E-state index contributed by atoms with van der Waals surface area (Å²) in [5.41, 5.74) is 3.03. The second-order valence-corrected chi connectivity index (χ2v) is 13.0. The molecule has 3 aromatic carbocycles. The normalized spacial score (nSPS) is 20.6. The van der Waals surface area contributed by atoms with E-state index in [1.165, 1.54) is 27.8 Å². The maximum absolute atomic E-state index is 14.1. The Bertz CT molecular complexity index is 2010. The second-order valence-electron chi connectivity index (χ2n) is 13.0. The molecule has 4 N–H and O–H groups in total. The first kappa shape index (κ1) is 35.6. The lowest BCUT2D eigenvalue weighted by atomic mass is 10.0. The molecule has 14 nitrogen and oxygen atoms in total. The smallest absolute Gasteiger partial charge is 0.264 e. The van der Waals surface area contributed by atoms with E-state index in [4.69, 9.17) is 4.74 Å². The number of benzene rings is 3. The number of rotatable bonds is 5. The summed E-state index contributed by atoms with van der Waals surface area (Å²) in [5.74, 6) is -2.57. The fourth-order valence-electron chi connectivity index (χ4n) is 6.38. The van der Waals surface area contributed by atoms with Crippen molar-refractivity contribution >= 4 is 52.0 Å². The summed E-state index contributed by atoms with van der Waals surface area (Å²) in [6.07, 6.45) is 2.06. The van der Waals surface area contributed by atoms with Gasteiger partial charge in [-0.05, 0) is 42.3 Å². The monoisotopic (exact) mass is 707 g/mol. The van der Waals surface area contributed by atoms with Gasteiger partial charge in [-0.15, -0.1) is 0 Å². The number of H-pyrrole nitrogens is 1. The zero-order chi connectivity index (χ0) is 36.9. The van der Waals surface area contributed by atoms with Crippen LogP contribution in [-0.4, -0.2) is 109 Å². The number of hydrogen-bond donors (Lipinski definition) is 4. The molecular formula is C38H41N7O7. The maximum atomic E-state index is 14.1. The van der Waals surface area contributed by atoms with Crippen LogP contribution < -0.4 is 25.6 Å². The van der Waals surface area contributed by atoms with Crippen molar-refractivity contribution in [2.75, 3.05) is 45.2 Å². The van der Waals surface area contributed by atoms with Gasteiger partial charge in [0.25, 0.3) is 11.8 Å². The molecule has 2 aliphatic heterocycles. The largest absolute Gasteiger partial charge is 0.482 e. The topological polar surface area (TPSA) is 173 Å². The van der Waals surface area contributed by atoms with Crippen LogP contribution in [0.5, 0.6) is 5.75 Å². The molecule has 2 aliphatic rings. The number of amides is 6. The third kappa shape index (κ3) is 7.75. The van der Waals surface area contributed by atoms with Crippen LogP contribution in [0.25, 0.3) is 10.9 Å². The zero-order valence-electron chi connectivity index (χ0n) is 29.2. The zero-order valence-corrected chi connectivity index (χ0v) is 29.2. The quantitative estimate of drug-likeness (QED) is 0.243. The van der Waals surface area contributed by atoms with E-state index < -0.39 is 54.2 Å². The number of aromatic nitrogens is 1.